The summed E-state index contributed by atoms with van der Waals surface area (Å²) in [5, 5.41) is 12.1. The minimum Gasteiger partial charge on any atom is -0.481 e. The van der Waals surface area contributed by atoms with Crippen LogP contribution in [0.15, 0.2) is 24.3 Å². The zero-order valence-electron chi connectivity index (χ0n) is 11.9. The number of hydrogen-bond acceptors (Lipinski definition) is 4. The molecular formula is C14H17N3O3S. The summed E-state index contributed by atoms with van der Waals surface area (Å²) >= 11 is 1.39. The van der Waals surface area contributed by atoms with E-state index in [-0.39, 0.29) is 18.5 Å². The summed E-state index contributed by atoms with van der Waals surface area (Å²) in [6.07, 6.45) is -0.0822. The van der Waals surface area contributed by atoms with Crippen LogP contribution in [0.25, 0.3) is 10.2 Å². The molecule has 1 aromatic heterocycles. The van der Waals surface area contributed by atoms with Gasteiger partial charge in [-0.05, 0) is 26.0 Å². The van der Waals surface area contributed by atoms with Crippen molar-refractivity contribution in [3.8, 4) is 0 Å². The highest BCUT2D eigenvalue weighted by Crippen LogP contribution is 2.25. The van der Waals surface area contributed by atoms with Crippen LogP contribution in [0.2, 0.25) is 0 Å². The fourth-order valence-corrected chi connectivity index (χ4v) is 2.96. The Labute approximate surface area is 126 Å². The maximum absolute atomic E-state index is 12.2. The summed E-state index contributed by atoms with van der Waals surface area (Å²) < 4.78 is 0.995. The Morgan fingerprint density at radius 2 is 2.14 bits per heavy atom. The number of carbonyl (C=O) groups excluding carboxylic acids is 1. The van der Waals surface area contributed by atoms with Crippen molar-refractivity contribution in [2.45, 2.75) is 26.3 Å². The summed E-state index contributed by atoms with van der Waals surface area (Å²) in [7, 11) is 0. The molecule has 0 spiro atoms. The number of fused-ring (bicyclic) bond motifs is 1. The second kappa shape index (κ2) is 6.53. The number of nitrogens with one attached hydrogen (secondary N) is 1. The Hall–Kier alpha value is -2.15. The van der Waals surface area contributed by atoms with E-state index in [1.807, 2.05) is 31.2 Å². The van der Waals surface area contributed by atoms with Crippen LogP contribution < -0.4 is 5.32 Å². The molecule has 1 unspecified atom stereocenters. The first-order valence-corrected chi connectivity index (χ1v) is 7.48. The van der Waals surface area contributed by atoms with Crippen molar-refractivity contribution in [2.24, 2.45) is 0 Å². The molecule has 2 amide bonds. The lowest BCUT2D eigenvalue weighted by atomic mass is 10.2. The topological polar surface area (TPSA) is 82.5 Å². The first-order chi connectivity index (χ1) is 10.0. The minimum atomic E-state index is -0.922. The average Bonchev–Trinajstić information content (AvgIpc) is 2.80. The van der Waals surface area contributed by atoms with Crippen molar-refractivity contribution in [1.82, 2.24) is 9.88 Å². The van der Waals surface area contributed by atoms with E-state index >= 15 is 0 Å². The van der Waals surface area contributed by atoms with Gasteiger partial charge in [0.25, 0.3) is 0 Å². The van der Waals surface area contributed by atoms with E-state index in [0.717, 1.165) is 10.2 Å². The Morgan fingerprint density at radius 1 is 1.43 bits per heavy atom. The van der Waals surface area contributed by atoms with E-state index in [1.165, 1.54) is 16.2 Å². The van der Waals surface area contributed by atoms with Crippen LogP contribution in [0.3, 0.4) is 0 Å². The van der Waals surface area contributed by atoms with Crippen LogP contribution in [0.4, 0.5) is 9.93 Å². The number of amides is 2. The molecule has 1 heterocycles. The largest absolute Gasteiger partial charge is 0.481 e. The van der Waals surface area contributed by atoms with Gasteiger partial charge in [0.2, 0.25) is 0 Å². The number of anilines is 1. The number of urea groups is 1. The van der Waals surface area contributed by atoms with Crippen molar-refractivity contribution in [1.29, 1.82) is 0 Å². The second-order valence-corrected chi connectivity index (χ2v) is 5.68. The Morgan fingerprint density at radius 3 is 2.76 bits per heavy atom. The van der Waals surface area contributed by atoms with Gasteiger partial charge >= 0.3 is 12.0 Å². The number of carboxylic acid groups (broad SMARTS) is 1. The van der Waals surface area contributed by atoms with Crippen molar-refractivity contribution >= 4 is 38.7 Å². The smallest absolute Gasteiger partial charge is 0.323 e. The quantitative estimate of drug-likeness (QED) is 0.889. The molecule has 112 valence electrons. The SMILES string of the molecule is CCN(C(=O)Nc1nc2ccccc2s1)C(C)CC(=O)O. The summed E-state index contributed by atoms with van der Waals surface area (Å²) in [6.45, 7) is 3.97. The molecule has 1 atom stereocenters. The molecule has 0 radical (unpaired) electrons. The number of carbonyl (C=O) groups is 2. The molecule has 21 heavy (non-hydrogen) atoms. The van der Waals surface area contributed by atoms with E-state index in [4.69, 9.17) is 5.11 Å². The van der Waals surface area contributed by atoms with E-state index in [0.29, 0.717) is 11.7 Å². The lowest BCUT2D eigenvalue weighted by molar-refractivity contribution is -0.137. The van der Waals surface area contributed by atoms with Crippen LogP contribution >= 0.6 is 11.3 Å². The highest BCUT2D eigenvalue weighted by atomic mass is 32.1. The molecule has 6 nitrogen and oxygen atoms in total. The first-order valence-electron chi connectivity index (χ1n) is 6.66. The molecule has 1 aromatic carbocycles. The number of para-hydroxylation sites is 1. The third-order valence-electron chi connectivity index (χ3n) is 3.11. The normalized spacial score (nSPS) is 12.1. The van der Waals surface area contributed by atoms with Crippen LogP contribution in [-0.2, 0) is 4.79 Å². The number of hydrogen-bond donors (Lipinski definition) is 2. The van der Waals surface area contributed by atoms with Crippen molar-refractivity contribution < 1.29 is 14.7 Å². The van der Waals surface area contributed by atoms with E-state index in [1.54, 1.807) is 6.92 Å². The van der Waals surface area contributed by atoms with E-state index < -0.39 is 5.97 Å². The molecule has 0 aliphatic rings. The maximum atomic E-state index is 12.2. The monoisotopic (exact) mass is 307 g/mol. The van der Waals surface area contributed by atoms with Gasteiger partial charge in [-0.2, -0.15) is 0 Å². The van der Waals surface area contributed by atoms with Crippen LogP contribution in [0.5, 0.6) is 0 Å². The predicted molar refractivity (Wildman–Crippen MR) is 82.7 cm³/mol. The zero-order valence-corrected chi connectivity index (χ0v) is 12.7. The molecule has 0 saturated carbocycles. The molecule has 0 bridgehead atoms. The van der Waals surface area contributed by atoms with E-state index in [9.17, 15) is 9.59 Å². The fourth-order valence-electron chi connectivity index (χ4n) is 2.11. The average molecular weight is 307 g/mol. The summed E-state index contributed by atoms with van der Waals surface area (Å²) in [5.74, 6) is -0.922. The van der Waals surface area contributed by atoms with Gasteiger partial charge in [0.1, 0.15) is 0 Å². The van der Waals surface area contributed by atoms with Gasteiger partial charge in [0.15, 0.2) is 5.13 Å². The van der Waals surface area contributed by atoms with Crippen molar-refractivity contribution in [3.05, 3.63) is 24.3 Å². The number of aliphatic carboxylic acids is 1. The highest BCUT2D eigenvalue weighted by Gasteiger charge is 2.21. The molecule has 7 heteroatoms. The van der Waals surface area contributed by atoms with Crippen LogP contribution in [0.1, 0.15) is 20.3 Å². The molecule has 0 aliphatic heterocycles. The maximum Gasteiger partial charge on any atom is 0.323 e. The number of aromatic nitrogens is 1. The summed E-state index contributed by atoms with van der Waals surface area (Å²) in [5.41, 5.74) is 0.833. The number of benzene rings is 1. The third-order valence-corrected chi connectivity index (χ3v) is 4.06. The van der Waals surface area contributed by atoms with Gasteiger partial charge in [-0.25, -0.2) is 9.78 Å². The summed E-state index contributed by atoms with van der Waals surface area (Å²) in [6, 6.07) is 6.92. The van der Waals surface area contributed by atoms with Gasteiger partial charge in [0.05, 0.1) is 16.6 Å². The second-order valence-electron chi connectivity index (χ2n) is 4.65. The van der Waals surface area contributed by atoms with Gasteiger partial charge in [-0.1, -0.05) is 23.5 Å². The molecular weight excluding hydrogens is 290 g/mol. The van der Waals surface area contributed by atoms with Gasteiger partial charge in [-0.15, -0.1) is 0 Å². The molecule has 0 saturated heterocycles. The first kappa shape index (κ1) is 15.2. The lowest BCUT2D eigenvalue weighted by Gasteiger charge is -2.26. The minimum absolute atomic E-state index is 0.0822. The molecule has 2 aromatic rings. The van der Waals surface area contributed by atoms with Gasteiger partial charge in [0, 0.05) is 12.6 Å². The molecule has 0 fully saturated rings. The van der Waals surface area contributed by atoms with Crippen molar-refractivity contribution in [3.63, 3.8) is 0 Å². The Balaban J connectivity index is 2.09. The molecule has 2 N–H and O–H groups in total. The zero-order chi connectivity index (χ0) is 15.4. The molecule has 0 aliphatic carbocycles. The van der Waals surface area contributed by atoms with Gasteiger partial charge < -0.3 is 10.0 Å². The Kier molecular flexibility index (Phi) is 4.74. The summed E-state index contributed by atoms with van der Waals surface area (Å²) in [4.78, 5) is 28.8. The standard InChI is InChI=1S/C14H17N3O3S/c1-3-17(9(2)8-12(18)19)14(20)16-13-15-10-6-4-5-7-11(10)21-13/h4-7,9H,3,8H2,1-2H3,(H,18,19)(H,15,16,20). The fraction of sp³-hybridized carbons (Fsp3) is 0.357. The van der Waals surface area contributed by atoms with Crippen molar-refractivity contribution in [2.75, 3.05) is 11.9 Å². The number of thiazole rings is 1. The number of carboxylic acids is 1. The lowest BCUT2D eigenvalue weighted by Crippen LogP contribution is -2.42. The third kappa shape index (κ3) is 3.69. The highest BCUT2D eigenvalue weighted by molar-refractivity contribution is 7.22. The number of nitrogens with zero attached hydrogens (tertiary/aromatic N) is 2. The van der Waals surface area contributed by atoms with Crippen LogP contribution in [-0.4, -0.2) is 39.6 Å². The van der Waals surface area contributed by atoms with E-state index in [2.05, 4.69) is 10.3 Å². The van der Waals surface area contributed by atoms with Gasteiger partial charge in [-0.3, -0.25) is 10.1 Å². The predicted octanol–water partition coefficient (Wildman–Crippen LogP) is 3.01. The Bertz CT molecular complexity index is 623. The molecule has 2 rings (SSSR count). The van der Waals surface area contributed by atoms with Crippen LogP contribution in [0, 0.1) is 0 Å². The number of rotatable bonds is 5.